The number of thiocarbonyl (C=S) groups is 1. The Balaban J connectivity index is 1.83. The van der Waals surface area contributed by atoms with Crippen LogP contribution in [-0.4, -0.2) is 37.1 Å². The summed E-state index contributed by atoms with van der Waals surface area (Å²) in [4.78, 5) is 46.7. The summed E-state index contributed by atoms with van der Waals surface area (Å²) >= 11 is 6.01. The van der Waals surface area contributed by atoms with Crippen molar-refractivity contribution in [1.29, 1.82) is 0 Å². The van der Waals surface area contributed by atoms with E-state index in [-0.39, 0.29) is 26.0 Å². The third-order valence-corrected chi connectivity index (χ3v) is 5.11. The third kappa shape index (κ3) is 4.31. The predicted octanol–water partition coefficient (Wildman–Crippen LogP) is 2.84. The Morgan fingerprint density at radius 1 is 1.21 bits per heavy atom. The minimum absolute atomic E-state index is 0.0124. The summed E-state index contributed by atoms with van der Waals surface area (Å²) in [5.41, 5.74) is 2.35. The Kier molecular flexibility index (Phi) is 5.71. The smallest absolute Gasteiger partial charge is 0.336 e. The van der Waals surface area contributed by atoms with E-state index in [0.717, 1.165) is 22.8 Å². The molecule has 11 heteroatoms. The normalized spacial score (nSPS) is 14.9. The molecule has 29 heavy (non-hydrogen) atoms. The topological polar surface area (TPSA) is 130 Å². The second kappa shape index (κ2) is 8.20. The molecule has 0 aliphatic carbocycles. The first kappa shape index (κ1) is 20.2. The zero-order valence-corrected chi connectivity index (χ0v) is 16.0. The largest absolute Gasteiger partial charge is 0.478 e. The first-order valence-corrected chi connectivity index (χ1v) is 9.16. The van der Waals surface area contributed by atoms with Crippen molar-refractivity contribution in [3.05, 3.63) is 80.2 Å². The first-order valence-electron chi connectivity index (χ1n) is 7.93. The number of carboxylic acid groups (broad SMARTS) is 1. The van der Waals surface area contributed by atoms with Crippen molar-refractivity contribution < 1.29 is 24.4 Å². The predicted molar refractivity (Wildman–Crippen MR) is 109 cm³/mol. The molecule has 0 saturated carbocycles. The summed E-state index contributed by atoms with van der Waals surface area (Å²) in [7, 11) is 0. The molecular weight excluding hydrogens is 418 g/mol. The number of carboxylic acids is 1. The Bertz CT molecular complexity index is 1100. The average molecular weight is 429 g/mol. The maximum absolute atomic E-state index is 12.6. The molecule has 0 bridgehead atoms. The Labute approximate surface area is 173 Å². The van der Waals surface area contributed by atoms with Gasteiger partial charge in [0, 0.05) is 17.7 Å². The number of nitrogens with one attached hydrogen (secondary N) is 1. The Morgan fingerprint density at radius 3 is 2.62 bits per heavy atom. The number of thioether (sulfide) groups is 1. The van der Waals surface area contributed by atoms with Crippen molar-refractivity contribution in [2.24, 2.45) is 0 Å². The van der Waals surface area contributed by atoms with Crippen LogP contribution in [-0.2, 0) is 4.79 Å². The lowest BCUT2D eigenvalue weighted by Crippen LogP contribution is -2.44. The maximum atomic E-state index is 12.6. The molecule has 1 aliphatic heterocycles. The number of non-ortho nitro benzene ring substituents is 1. The summed E-state index contributed by atoms with van der Waals surface area (Å²) < 4.78 is 0.0350. The monoisotopic (exact) mass is 429 g/mol. The number of amides is 2. The van der Waals surface area contributed by atoms with Crippen LogP contribution in [0, 0.1) is 10.1 Å². The summed E-state index contributed by atoms with van der Waals surface area (Å²) in [6, 6.07) is 11.1. The fourth-order valence-electron chi connectivity index (χ4n) is 2.45. The minimum atomic E-state index is -1.15. The molecule has 2 N–H and O–H groups in total. The molecule has 0 spiro atoms. The highest BCUT2D eigenvalue weighted by Gasteiger charge is 2.34. The van der Waals surface area contributed by atoms with E-state index in [0.29, 0.717) is 5.56 Å². The van der Waals surface area contributed by atoms with E-state index in [1.54, 1.807) is 12.1 Å². The number of carbonyl (C=O) groups is 3. The number of hydrogen-bond acceptors (Lipinski definition) is 7. The van der Waals surface area contributed by atoms with Gasteiger partial charge in [0.2, 0.25) is 0 Å². The van der Waals surface area contributed by atoms with Crippen LogP contribution in [0.15, 0.2) is 53.4 Å². The molecule has 2 aromatic rings. The highest BCUT2D eigenvalue weighted by Crippen LogP contribution is 2.32. The van der Waals surface area contributed by atoms with Gasteiger partial charge in [-0.3, -0.25) is 25.1 Å². The lowest BCUT2D eigenvalue weighted by Gasteiger charge is -2.15. The molecule has 1 aliphatic rings. The number of hydrogen-bond donors (Lipinski definition) is 2. The lowest BCUT2D eigenvalue weighted by atomic mass is 10.1. The van der Waals surface area contributed by atoms with Gasteiger partial charge in [-0.05, 0) is 36.0 Å². The van der Waals surface area contributed by atoms with Crippen LogP contribution in [0.2, 0.25) is 0 Å². The van der Waals surface area contributed by atoms with E-state index in [1.165, 1.54) is 36.4 Å². The van der Waals surface area contributed by atoms with Gasteiger partial charge >= 0.3 is 5.97 Å². The fraction of sp³-hybridized carbons (Fsp3) is 0. The van der Waals surface area contributed by atoms with Gasteiger partial charge in [0.15, 0.2) is 4.32 Å². The van der Waals surface area contributed by atoms with Crippen LogP contribution in [0.4, 0.5) is 5.69 Å². The van der Waals surface area contributed by atoms with Gasteiger partial charge in [0.25, 0.3) is 17.5 Å². The molecule has 3 rings (SSSR count). The number of nitro groups is 1. The maximum Gasteiger partial charge on any atom is 0.336 e. The standard InChI is InChI=1S/C18H11N3O6S2/c22-15(11-5-3-6-12(8-11)21(26)27)19-20-16(23)14(29-18(20)28)9-10-4-1-2-7-13(10)17(24)25/h1-9H,(H,19,22)(H,24,25)/b14-9+. The van der Waals surface area contributed by atoms with Crippen molar-refractivity contribution >= 4 is 57.8 Å². The van der Waals surface area contributed by atoms with E-state index in [9.17, 15) is 29.6 Å². The summed E-state index contributed by atoms with van der Waals surface area (Å²) in [6.07, 6.45) is 1.38. The van der Waals surface area contributed by atoms with Crippen LogP contribution in [0.1, 0.15) is 26.3 Å². The number of aromatic carboxylic acids is 1. The molecule has 0 aromatic heterocycles. The summed E-state index contributed by atoms with van der Waals surface area (Å²) in [5, 5.41) is 20.9. The van der Waals surface area contributed by atoms with E-state index in [1.807, 2.05) is 0 Å². The molecule has 1 saturated heterocycles. The summed E-state index contributed by atoms with van der Waals surface area (Å²) in [5.74, 6) is -2.54. The van der Waals surface area contributed by atoms with E-state index >= 15 is 0 Å². The number of nitrogens with zero attached hydrogens (tertiary/aromatic N) is 2. The Hall–Kier alpha value is -3.57. The Morgan fingerprint density at radius 2 is 1.93 bits per heavy atom. The van der Waals surface area contributed by atoms with Crippen LogP contribution >= 0.6 is 24.0 Å². The van der Waals surface area contributed by atoms with Gasteiger partial charge in [-0.15, -0.1) is 0 Å². The number of carbonyl (C=O) groups excluding carboxylic acids is 2. The van der Waals surface area contributed by atoms with Crippen molar-refractivity contribution in [2.75, 3.05) is 0 Å². The molecule has 2 aromatic carbocycles. The number of rotatable bonds is 5. The quantitative estimate of drug-likeness (QED) is 0.321. The third-order valence-electron chi connectivity index (χ3n) is 3.80. The first-order chi connectivity index (χ1) is 13.8. The van der Waals surface area contributed by atoms with Gasteiger partial charge in [-0.25, -0.2) is 4.79 Å². The van der Waals surface area contributed by atoms with Gasteiger partial charge in [-0.2, -0.15) is 5.01 Å². The van der Waals surface area contributed by atoms with Gasteiger partial charge in [0.1, 0.15) is 0 Å². The zero-order valence-electron chi connectivity index (χ0n) is 14.4. The molecule has 1 fully saturated rings. The van der Waals surface area contributed by atoms with Gasteiger partial charge in [-0.1, -0.05) is 36.0 Å². The zero-order chi connectivity index (χ0) is 21.1. The highest BCUT2D eigenvalue weighted by molar-refractivity contribution is 8.26. The number of nitro benzene ring substituents is 1. The number of benzene rings is 2. The van der Waals surface area contributed by atoms with Crippen LogP contribution in [0.25, 0.3) is 6.08 Å². The highest BCUT2D eigenvalue weighted by atomic mass is 32.2. The van der Waals surface area contributed by atoms with E-state index < -0.39 is 22.7 Å². The second-order valence-corrected chi connectivity index (χ2v) is 7.33. The van der Waals surface area contributed by atoms with E-state index in [2.05, 4.69) is 5.43 Å². The molecule has 0 radical (unpaired) electrons. The molecule has 9 nitrogen and oxygen atoms in total. The minimum Gasteiger partial charge on any atom is -0.478 e. The SMILES string of the molecule is O=C(NN1C(=O)/C(=C\c2ccccc2C(=O)O)SC1=S)c1cccc([N+](=O)[O-])c1. The molecule has 0 unspecified atom stereocenters. The van der Waals surface area contributed by atoms with Crippen LogP contribution < -0.4 is 5.43 Å². The van der Waals surface area contributed by atoms with Crippen molar-refractivity contribution in [3.8, 4) is 0 Å². The number of hydrazine groups is 1. The molecule has 2 amide bonds. The molecular formula is C18H11N3O6S2. The van der Waals surface area contributed by atoms with Crippen molar-refractivity contribution in [2.45, 2.75) is 0 Å². The van der Waals surface area contributed by atoms with Crippen molar-refractivity contribution in [1.82, 2.24) is 10.4 Å². The summed E-state index contributed by atoms with van der Waals surface area (Å²) in [6.45, 7) is 0. The van der Waals surface area contributed by atoms with Crippen LogP contribution in [0.3, 0.4) is 0 Å². The van der Waals surface area contributed by atoms with Gasteiger partial charge in [0.05, 0.1) is 15.4 Å². The second-order valence-electron chi connectivity index (χ2n) is 5.66. The molecule has 0 atom stereocenters. The molecule has 1 heterocycles. The lowest BCUT2D eigenvalue weighted by molar-refractivity contribution is -0.384. The molecule has 146 valence electrons. The van der Waals surface area contributed by atoms with Gasteiger partial charge < -0.3 is 5.11 Å². The van der Waals surface area contributed by atoms with Crippen molar-refractivity contribution in [3.63, 3.8) is 0 Å². The van der Waals surface area contributed by atoms with E-state index in [4.69, 9.17) is 12.2 Å². The fourth-order valence-corrected chi connectivity index (χ4v) is 3.62. The van der Waals surface area contributed by atoms with Crippen LogP contribution in [0.5, 0.6) is 0 Å². The average Bonchev–Trinajstić information content (AvgIpc) is 2.95.